The van der Waals surface area contributed by atoms with E-state index in [1.54, 1.807) is 0 Å². The van der Waals surface area contributed by atoms with E-state index in [9.17, 15) is 9.18 Å². The zero-order valence-corrected chi connectivity index (χ0v) is 24.1. The van der Waals surface area contributed by atoms with E-state index in [0.717, 1.165) is 72.4 Å². The Hall–Kier alpha value is -4.15. The number of hydrogen-bond acceptors (Lipinski definition) is 7. The highest BCUT2D eigenvalue weighted by molar-refractivity contribution is 6.11. The van der Waals surface area contributed by atoms with Crippen LogP contribution in [0.5, 0.6) is 5.75 Å². The first-order valence-electron chi connectivity index (χ1n) is 14.5. The molecule has 0 spiro atoms. The minimum atomic E-state index is -0.286. The van der Waals surface area contributed by atoms with Crippen LogP contribution in [-0.4, -0.2) is 73.5 Å². The molecular weight excluding hydrogens is 535 g/mol. The van der Waals surface area contributed by atoms with Gasteiger partial charge in [-0.25, -0.2) is 4.39 Å². The number of piperazine rings is 1. The molecule has 2 saturated heterocycles. The van der Waals surface area contributed by atoms with Gasteiger partial charge in [0.05, 0.1) is 11.1 Å². The summed E-state index contributed by atoms with van der Waals surface area (Å²) in [4.78, 5) is 18.4. The number of anilines is 3. The number of aromatic amines is 1. The van der Waals surface area contributed by atoms with Crippen LogP contribution < -0.4 is 20.3 Å². The molecule has 9 nitrogen and oxygen atoms in total. The van der Waals surface area contributed by atoms with E-state index in [-0.39, 0.29) is 24.4 Å². The molecule has 3 N–H and O–H groups in total. The number of nitrogens with zero attached hydrogens (tertiary/aromatic N) is 3. The fraction of sp³-hybridized carbons (Fsp3) is 0.375. The zero-order chi connectivity index (χ0) is 29.1. The molecule has 2 fully saturated rings. The predicted molar refractivity (Wildman–Crippen MR) is 163 cm³/mol. The lowest BCUT2D eigenvalue weighted by molar-refractivity contribution is 0.0904. The number of benzene rings is 3. The van der Waals surface area contributed by atoms with Crippen molar-refractivity contribution in [1.82, 2.24) is 15.1 Å². The smallest absolute Gasteiger partial charge is 0.258 e. The Balaban J connectivity index is 1.22. The highest BCUT2D eigenvalue weighted by Crippen LogP contribution is 2.30. The summed E-state index contributed by atoms with van der Waals surface area (Å²) in [5, 5.41) is 14.7. The Labute approximate surface area is 245 Å². The number of fused-ring (bicyclic) bond motifs is 1. The Kier molecular flexibility index (Phi) is 8.25. The quantitative estimate of drug-likeness (QED) is 0.268. The molecule has 2 aliphatic heterocycles. The van der Waals surface area contributed by atoms with Gasteiger partial charge in [-0.2, -0.15) is 5.10 Å². The number of ether oxygens (including phenoxy) is 2. The first-order chi connectivity index (χ1) is 20.4. The Bertz CT molecular complexity index is 1540. The van der Waals surface area contributed by atoms with Gasteiger partial charge in [0, 0.05) is 62.2 Å². The van der Waals surface area contributed by atoms with Gasteiger partial charge in [-0.3, -0.25) is 9.89 Å². The average Bonchev–Trinajstić information content (AvgIpc) is 3.38. The van der Waals surface area contributed by atoms with Gasteiger partial charge in [-0.05, 0) is 86.5 Å². The molecule has 0 radical (unpaired) electrons. The van der Waals surface area contributed by atoms with Gasteiger partial charge in [0.2, 0.25) is 0 Å². The number of carbonyl (C=O) groups excluding carboxylic acids is 1. The van der Waals surface area contributed by atoms with Crippen LogP contribution in [0, 0.1) is 12.7 Å². The molecule has 1 amide bonds. The number of aromatic nitrogens is 2. The number of likely N-dealkylation sites (N-methyl/N-ethyl adjacent to an activating group) is 1. The highest BCUT2D eigenvalue weighted by atomic mass is 19.1. The summed E-state index contributed by atoms with van der Waals surface area (Å²) in [5.41, 5.74) is 4.83. The van der Waals surface area contributed by atoms with E-state index < -0.39 is 0 Å². The van der Waals surface area contributed by atoms with Crippen LogP contribution in [0.4, 0.5) is 21.6 Å². The number of amides is 1. The molecule has 4 aromatic rings. The number of nitrogens with one attached hydrogen (secondary N) is 3. The molecule has 0 unspecified atom stereocenters. The maximum absolute atomic E-state index is 13.8. The number of aryl methyl sites for hydroxylation is 1. The predicted octanol–water partition coefficient (Wildman–Crippen LogP) is 5.18. The van der Waals surface area contributed by atoms with E-state index in [4.69, 9.17) is 9.47 Å². The molecule has 3 aromatic carbocycles. The van der Waals surface area contributed by atoms with E-state index >= 15 is 0 Å². The maximum Gasteiger partial charge on any atom is 0.258 e. The van der Waals surface area contributed by atoms with Crippen molar-refractivity contribution in [2.75, 3.05) is 62.0 Å². The van der Waals surface area contributed by atoms with Gasteiger partial charge >= 0.3 is 0 Å². The maximum atomic E-state index is 13.8. The Morgan fingerprint density at radius 1 is 1.07 bits per heavy atom. The molecule has 0 atom stereocenters. The Morgan fingerprint density at radius 3 is 2.67 bits per heavy atom. The third-order valence-electron chi connectivity index (χ3n) is 7.97. The zero-order valence-electron chi connectivity index (χ0n) is 24.1. The van der Waals surface area contributed by atoms with Crippen molar-refractivity contribution in [3.05, 3.63) is 77.1 Å². The van der Waals surface area contributed by atoms with E-state index in [1.807, 2.05) is 43.3 Å². The van der Waals surface area contributed by atoms with E-state index in [0.29, 0.717) is 30.3 Å². The Morgan fingerprint density at radius 2 is 1.88 bits per heavy atom. The highest BCUT2D eigenvalue weighted by Gasteiger charge is 2.22. The van der Waals surface area contributed by atoms with Crippen molar-refractivity contribution in [3.8, 4) is 5.75 Å². The van der Waals surface area contributed by atoms with Crippen LogP contribution in [0.2, 0.25) is 0 Å². The number of halogens is 1. The lowest BCUT2D eigenvalue weighted by Gasteiger charge is -2.34. The van der Waals surface area contributed by atoms with Gasteiger partial charge in [0.15, 0.2) is 5.82 Å². The summed E-state index contributed by atoms with van der Waals surface area (Å²) in [6.07, 6.45) is 1.78. The van der Waals surface area contributed by atoms with E-state index in [1.165, 1.54) is 12.1 Å². The summed E-state index contributed by atoms with van der Waals surface area (Å²) in [5.74, 6) is 0.484. The minimum absolute atomic E-state index is 0.227. The molecule has 2 aliphatic rings. The van der Waals surface area contributed by atoms with Crippen molar-refractivity contribution in [2.45, 2.75) is 32.4 Å². The topological polar surface area (TPSA) is 94.7 Å². The molecule has 42 heavy (non-hydrogen) atoms. The van der Waals surface area contributed by atoms with Gasteiger partial charge < -0.3 is 29.9 Å². The third-order valence-corrected chi connectivity index (χ3v) is 7.97. The largest absolute Gasteiger partial charge is 0.489 e. The number of hydrogen-bond donors (Lipinski definition) is 3. The molecule has 1 aromatic heterocycles. The molecule has 0 aliphatic carbocycles. The summed E-state index contributed by atoms with van der Waals surface area (Å²) < 4.78 is 25.3. The number of carbonyl (C=O) groups is 1. The summed E-state index contributed by atoms with van der Waals surface area (Å²) >= 11 is 0. The second-order valence-corrected chi connectivity index (χ2v) is 11.2. The minimum Gasteiger partial charge on any atom is -0.489 e. The molecule has 6 rings (SSSR count). The van der Waals surface area contributed by atoms with Crippen LogP contribution in [-0.2, 0) is 11.3 Å². The van der Waals surface area contributed by atoms with Gasteiger partial charge in [0.1, 0.15) is 18.2 Å². The van der Waals surface area contributed by atoms with Gasteiger partial charge in [0.25, 0.3) is 5.91 Å². The summed E-state index contributed by atoms with van der Waals surface area (Å²) in [6, 6.07) is 16.6. The lowest BCUT2D eigenvalue weighted by Crippen LogP contribution is -2.44. The summed E-state index contributed by atoms with van der Waals surface area (Å²) in [6.45, 7) is 7.39. The number of H-pyrrole nitrogens is 1. The van der Waals surface area contributed by atoms with Crippen LogP contribution in [0.1, 0.15) is 34.3 Å². The first kappa shape index (κ1) is 28.0. The van der Waals surface area contributed by atoms with Crippen molar-refractivity contribution in [2.24, 2.45) is 0 Å². The van der Waals surface area contributed by atoms with Crippen molar-refractivity contribution < 1.29 is 18.7 Å². The molecule has 220 valence electrons. The van der Waals surface area contributed by atoms with Gasteiger partial charge in [-0.15, -0.1) is 0 Å². The first-order valence-corrected chi connectivity index (χ1v) is 14.5. The van der Waals surface area contributed by atoms with E-state index in [2.05, 4.69) is 43.7 Å². The number of rotatable bonds is 8. The molecule has 0 saturated carbocycles. The van der Waals surface area contributed by atoms with Crippen LogP contribution >= 0.6 is 0 Å². The van der Waals surface area contributed by atoms with Gasteiger partial charge in [-0.1, -0.05) is 6.07 Å². The van der Waals surface area contributed by atoms with Crippen LogP contribution in [0.15, 0.2) is 54.6 Å². The fourth-order valence-electron chi connectivity index (χ4n) is 5.59. The average molecular weight is 573 g/mol. The lowest BCUT2D eigenvalue weighted by atomic mass is 10.1. The van der Waals surface area contributed by atoms with Crippen molar-refractivity contribution >= 4 is 34.0 Å². The molecular formula is C32H37FN6O3. The summed E-state index contributed by atoms with van der Waals surface area (Å²) in [7, 11) is 2.14. The van der Waals surface area contributed by atoms with Crippen molar-refractivity contribution in [3.63, 3.8) is 0 Å². The second kappa shape index (κ2) is 12.4. The SMILES string of the molecule is Cc1cc(F)cc(COc2ccc3[nH]nc(NC(=O)c4ccc(N5CCN(C)CC5)cc4NC4CCOCC4)c3c2)c1. The second-order valence-electron chi connectivity index (χ2n) is 11.2. The third kappa shape index (κ3) is 6.50. The molecule has 3 heterocycles. The van der Waals surface area contributed by atoms with Crippen LogP contribution in [0.3, 0.4) is 0 Å². The monoisotopic (exact) mass is 572 g/mol. The van der Waals surface area contributed by atoms with Crippen molar-refractivity contribution in [1.29, 1.82) is 0 Å². The fourth-order valence-corrected chi connectivity index (χ4v) is 5.59. The standard InChI is InChI=1S/C32H37FN6O3/c1-21-15-22(17-23(33)16-21)20-42-26-4-6-29-28(19-26)31(37-36-29)35-32(40)27-5-3-25(39-11-9-38(2)10-12-39)18-30(27)34-24-7-13-41-14-8-24/h3-6,15-19,24,34H,7-14,20H2,1-2H3,(H2,35,36,37,40). The molecule has 10 heteroatoms. The van der Waals surface area contributed by atoms with Crippen LogP contribution in [0.25, 0.3) is 10.9 Å². The molecule has 0 bridgehead atoms. The normalized spacial score (nSPS) is 16.5.